The highest BCUT2D eigenvalue weighted by Crippen LogP contribution is 2.30. The summed E-state index contributed by atoms with van der Waals surface area (Å²) in [6, 6.07) is 0.650. The summed E-state index contributed by atoms with van der Waals surface area (Å²) in [7, 11) is 0. The Bertz CT molecular complexity index is 358. The Morgan fingerprint density at radius 1 is 1.44 bits per heavy atom. The van der Waals surface area contributed by atoms with E-state index in [0.29, 0.717) is 6.07 Å². The minimum atomic E-state index is -4.95. The Labute approximate surface area is 92.6 Å². The van der Waals surface area contributed by atoms with Gasteiger partial charge in [0.25, 0.3) is 0 Å². The molecule has 90 valence electrons. The molecule has 1 rings (SSSR count). The zero-order chi connectivity index (χ0) is 12.3. The first-order valence-electron chi connectivity index (χ1n) is 3.98. The largest absolute Gasteiger partial charge is 0.573 e. The van der Waals surface area contributed by atoms with Crippen LogP contribution in [0.1, 0.15) is 11.3 Å². The normalized spacial score (nSPS) is 11.6. The molecule has 0 fully saturated rings. The maximum Gasteiger partial charge on any atom is 0.573 e. The van der Waals surface area contributed by atoms with E-state index in [4.69, 9.17) is 16.7 Å². The van der Waals surface area contributed by atoms with Crippen molar-refractivity contribution in [2.24, 2.45) is 0 Å². The molecular weight excluding hydrogens is 254 g/mol. The summed E-state index contributed by atoms with van der Waals surface area (Å²) in [5.74, 6) is -2.25. The SMILES string of the molecule is OCc1cc(F)nc(CCl)c1OC(F)(F)F. The van der Waals surface area contributed by atoms with Crippen molar-refractivity contribution in [3.63, 3.8) is 0 Å². The van der Waals surface area contributed by atoms with Gasteiger partial charge in [-0.3, -0.25) is 0 Å². The van der Waals surface area contributed by atoms with Crippen LogP contribution in [-0.2, 0) is 12.5 Å². The van der Waals surface area contributed by atoms with E-state index in [-0.39, 0.29) is 5.56 Å². The van der Waals surface area contributed by atoms with Crippen molar-refractivity contribution in [3.8, 4) is 5.75 Å². The fraction of sp³-hybridized carbons (Fsp3) is 0.375. The number of pyridine rings is 1. The molecule has 0 saturated heterocycles. The minimum absolute atomic E-state index is 0.361. The first kappa shape index (κ1) is 13.0. The molecule has 0 saturated carbocycles. The first-order chi connectivity index (χ1) is 7.37. The van der Waals surface area contributed by atoms with Gasteiger partial charge in [-0.1, -0.05) is 0 Å². The van der Waals surface area contributed by atoms with E-state index in [1.807, 2.05) is 0 Å². The highest BCUT2D eigenvalue weighted by Gasteiger charge is 2.33. The van der Waals surface area contributed by atoms with Crippen molar-refractivity contribution >= 4 is 11.6 Å². The topological polar surface area (TPSA) is 42.4 Å². The molecule has 8 heteroatoms. The highest BCUT2D eigenvalue weighted by atomic mass is 35.5. The van der Waals surface area contributed by atoms with E-state index in [0.717, 1.165) is 0 Å². The van der Waals surface area contributed by atoms with Gasteiger partial charge in [-0.05, 0) is 0 Å². The van der Waals surface area contributed by atoms with Crippen molar-refractivity contribution in [1.29, 1.82) is 0 Å². The van der Waals surface area contributed by atoms with Gasteiger partial charge in [0.1, 0.15) is 5.69 Å². The number of halogens is 5. The molecule has 3 nitrogen and oxygen atoms in total. The number of aliphatic hydroxyl groups excluding tert-OH is 1. The quantitative estimate of drug-likeness (QED) is 0.515. The van der Waals surface area contributed by atoms with Crippen LogP contribution in [0.5, 0.6) is 5.75 Å². The number of aromatic nitrogens is 1. The molecule has 1 aromatic rings. The lowest BCUT2D eigenvalue weighted by molar-refractivity contribution is -0.275. The van der Waals surface area contributed by atoms with Crippen molar-refractivity contribution in [1.82, 2.24) is 4.98 Å². The molecule has 0 amide bonds. The third-order valence-electron chi connectivity index (χ3n) is 1.60. The van der Waals surface area contributed by atoms with Gasteiger partial charge < -0.3 is 9.84 Å². The Morgan fingerprint density at radius 3 is 2.50 bits per heavy atom. The predicted octanol–water partition coefficient (Wildman–Crippen LogP) is 2.35. The van der Waals surface area contributed by atoms with E-state index in [1.165, 1.54) is 0 Å². The standard InChI is InChI=1S/C8H6ClF4NO2/c9-2-5-7(16-8(11,12)13)4(3-15)1-6(10)14-5/h1,15H,2-3H2. The first-order valence-corrected chi connectivity index (χ1v) is 4.51. The van der Waals surface area contributed by atoms with E-state index in [2.05, 4.69) is 9.72 Å². The van der Waals surface area contributed by atoms with Crippen LogP contribution in [0.2, 0.25) is 0 Å². The van der Waals surface area contributed by atoms with Gasteiger partial charge in [-0.2, -0.15) is 4.39 Å². The monoisotopic (exact) mass is 259 g/mol. The number of nitrogens with zero attached hydrogens (tertiary/aromatic N) is 1. The molecule has 0 aliphatic rings. The molecule has 1 N–H and O–H groups in total. The fourth-order valence-electron chi connectivity index (χ4n) is 1.05. The maximum atomic E-state index is 12.8. The summed E-state index contributed by atoms with van der Waals surface area (Å²) in [5.41, 5.74) is -0.775. The van der Waals surface area contributed by atoms with Crippen molar-refractivity contribution in [2.45, 2.75) is 18.8 Å². The molecule has 16 heavy (non-hydrogen) atoms. The van der Waals surface area contributed by atoms with Crippen LogP contribution in [0.15, 0.2) is 6.07 Å². The molecule has 0 spiro atoms. The van der Waals surface area contributed by atoms with E-state index < -0.39 is 36.2 Å². The molecule has 1 aromatic heterocycles. The Morgan fingerprint density at radius 2 is 2.06 bits per heavy atom. The molecule has 0 unspecified atom stereocenters. The van der Waals surface area contributed by atoms with Gasteiger partial charge >= 0.3 is 6.36 Å². The summed E-state index contributed by atoms with van der Waals surface area (Å²) < 4.78 is 52.4. The predicted molar refractivity (Wildman–Crippen MR) is 46.4 cm³/mol. The van der Waals surface area contributed by atoms with Crippen molar-refractivity contribution < 1.29 is 27.4 Å². The minimum Gasteiger partial charge on any atom is -0.403 e. The van der Waals surface area contributed by atoms with Crippen LogP contribution in [0.3, 0.4) is 0 Å². The number of hydrogen-bond acceptors (Lipinski definition) is 3. The number of aliphatic hydroxyl groups is 1. The second-order valence-corrected chi connectivity index (χ2v) is 2.99. The lowest BCUT2D eigenvalue weighted by Gasteiger charge is -2.14. The molecule has 0 aliphatic heterocycles. The van der Waals surface area contributed by atoms with E-state index in [1.54, 1.807) is 0 Å². The zero-order valence-corrected chi connectivity index (χ0v) is 8.44. The van der Waals surface area contributed by atoms with Crippen LogP contribution < -0.4 is 4.74 Å². The molecule has 0 aromatic carbocycles. The highest BCUT2D eigenvalue weighted by molar-refractivity contribution is 6.17. The van der Waals surface area contributed by atoms with E-state index in [9.17, 15) is 17.6 Å². The average Bonchev–Trinajstić information content (AvgIpc) is 2.18. The summed E-state index contributed by atoms with van der Waals surface area (Å²) in [4.78, 5) is 3.15. The number of alkyl halides is 4. The summed E-state index contributed by atoms with van der Waals surface area (Å²) in [6.45, 7) is -0.811. The van der Waals surface area contributed by atoms with E-state index >= 15 is 0 Å². The lowest BCUT2D eigenvalue weighted by atomic mass is 10.2. The Balaban J connectivity index is 3.22. The molecule has 0 radical (unpaired) electrons. The van der Waals surface area contributed by atoms with Crippen LogP contribution in [0, 0.1) is 5.95 Å². The van der Waals surface area contributed by atoms with Crippen LogP contribution in [-0.4, -0.2) is 16.5 Å². The van der Waals surface area contributed by atoms with Crippen LogP contribution in [0.25, 0.3) is 0 Å². The Kier molecular flexibility index (Phi) is 3.93. The van der Waals surface area contributed by atoms with Crippen LogP contribution in [0.4, 0.5) is 17.6 Å². The van der Waals surface area contributed by atoms with Gasteiger partial charge in [-0.15, -0.1) is 24.8 Å². The van der Waals surface area contributed by atoms with Gasteiger partial charge in [0.2, 0.25) is 5.95 Å². The van der Waals surface area contributed by atoms with Gasteiger partial charge in [-0.25, -0.2) is 4.98 Å². The fourth-order valence-corrected chi connectivity index (χ4v) is 1.24. The Hall–Kier alpha value is -1.08. The second-order valence-electron chi connectivity index (χ2n) is 2.72. The van der Waals surface area contributed by atoms with Gasteiger partial charge in [0, 0.05) is 11.6 Å². The summed E-state index contributed by atoms with van der Waals surface area (Å²) in [6.07, 6.45) is -4.95. The summed E-state index contributed by atoms with van der Waals surface area (Å²) >= 11 is 5.30. The maximum absolute atomic E-state index is 12.8. The molecule has 0 atom stereocenters. The van der Waals surface area contributed by atoms with Gasteiger partial charge in [0.15, 0.2) is 5.75 Å². The van der Waals surface area contributed by atoms with Gasteiger partial charge in [0.05, 0.1) is 12.5 Å². The second kappa shape index (κ2) is 4.84. The van der Waals surface area contributed by atoms with Crippen molar-refractivity contribution in [3.05, 3.63) is 23.3 Å². The smallest absolute Gasteiger partial charge is 0.403 e. The zero-order valence-electron chi connectivity index (χ0n) is 7.68. The van der Waals surface area contributed by atoms with Crippen LogP contribution >= 0.6 is 11.6 Å². The lowest BCUT2D eigenvalue weighted by Crippen LogP contribution is -2.20. The third kappa shape index (κ3) is 3.21. The third-order valence-corrected chi connectivity index (χ3v) is 1.86. The number of rotatable bonds is 3. The number of hydrogen-bond donors (Lipinski definition) is 1. The molecule has 1 heterocycles. The number of ether oxygens (including phenoxy) is 1. The average molecular weight is 260 g/mol. The van der Waals surface area contributed by atoms with Crippen molar-refractivity contribution in [2.75, 3.05) is 0 Å². The summed E-state index contributed by atoms with van der Waals surface area (Å²) in [5, 5.41) is 8.77. The molecule has 0 bridgehead atoms. The molecular formula is C8H6ClF4NO2. The molecule has 0 aliphatic carbocycles.